The zero-order chi connectivity index (χ0) is 14.5. The van der Waals surface area contributed by atoms with E-state index >= 15 is 0 Å². The maximum absolute atomic E-state index is 2.27. The van der Waals surface area contributed by atoms with E-state index in [4.69, 9.17) is 0 Å². The standard InChI is InChI=1S/C20H22/c1-15-14-16(2)18(4)20(17(15)3)13-9-8-12-19-10-6-5-7-11-19/h5-14H,1-4H3/b12-8+,13-9+. The molecular weight excluding hydrogens is 240 g/mol. The van der Waals surface area contributed by atoms with Crippen LogP contribution < -0.4 is 0 Å². The first-order valence-electron chi connectivity index (χ1n) is 7.07. The number of hydrogen-bond donors (Lipinski definition) is 0. The van der Waals surface area contributed by atoms with Crippen molar-refractivity contribution in [2.24, 2.45) is 0 Å². The van der Waals surface area contributed by atoms with Crippen LogP contribution in [0, 0.1) is 27.7 Å². The van der Waals surface area contributed by atoms with Gasteiger partial charge in [-0.05, 0) is 61.1 Å². The van der Waals surface area contributed by atoms with E-state index in [9.17, 15) is 0 Å². The summed E-state index contributed by atoms with van der Waals surface area (Å²) >= 11 is 0. The molecule has 0 nitrogen and oxygen atoms in total. The molecule has 0 bridgehead atoms. The fourth-order valence-electron chi connectivity index (χ4n) is 2.38. The summed E-state index contributed by atoms with van der Waals surface area (Å²) in [4.78, 5) is 0. The van der Waals surface area contributed by atoms with Crippen LogP contribution in [0.2, 0.25) is 0 Å². The van der Waals surface area contributed by atoms with Gasteiger partial charge in [0.15, 0.2) is 0 Å². The first-order valence-corrected chi connectivity index (χ1v) is 7.07. The third-order valence-electron chi connectivity index (χ3n) is 3.89. The molecule has 0 aliphatic heterocycles. The van der Waals surface area contributed by atoms with Crippen molar-refractivity contribution in [1.82, 2.24) is 0 Å². The maximum atomic E-state index is 2.27. The lowest BCUT2D eigenvalue weighted by atomic mass is 9.94. The van der Waals surface area contributed by atoms with Gasteiger partial charge in [-0.2, -0.15) is 0 Å². The number of allylic oxidation sites excluding steroid dienone is 2. The molecule has 20 heavy (non-hydrogen) atoms. The molecule has 0 N–H and O–H groups in total. The van der Waals surface area contributed by atoms with E-state index in [1.807, 2.05) is 6.07 Å². The Balaban J connectivity index is 2.22. The predicted octanol–water partition coefficient (Wildman–Crippen LogP) is 5.65. The van der Waals surface area contributed by atoms with E-state index in [0.717, 1.165) is 0 Å². The van der Waals surface area contributed by atoms with Crippen molar-refractivity contribution in [2.75, 3.05) is 0 Å². The van der Waals surface area contributed by atoms with E-state index in [1.54, 1.807) is 0 Å². The molecule has 0 saturated heterocycles. The van der Waals surface area contributed by atoms with Crippen LogP contribution >= 0.6 is 0 Å². The topological polar surface area (TPSA) is 0 Å². The average molecular weight is 262 g/mol. The Hall–Kier alpha value is -2.08. The lowest BCUT2D eigenvalue weighted by molar-refractivity contribution is 1.23. The normalized spacial score (nSPS) is 11.6. The zero-order valence-corrected chi connectivity index (χ0v) is 12.8. The minimum Gasteiger partial charge on any atom is -0.0622 e. The molecule has 0 atom stereocenters. The molecule has 0 fully saturated rings. The van der Waals surface area contributed by atoms with Crippen molar-refractivity contribution in [3.05, 3.63) is 81.9 Å². The second-order valence-corrected chi connectivity index (χ2v) is 5.30. The van der Waals surface area contributed by atoms with Gasteiger partial charge in [0.05, 0.1) is 0 Å². The van der Waals surface area contributed by atoms with E-state index in [2.05, 4.69) is 82.3 Å². The highest BCUT2D eigenvalue weighted by Crippen LogP contribution is 2.22. The molecule has 102 valence electrons. The first kappa shape index (κ1) is 14.3. The zero-order valence-electron chi connectivity index (χ0n) is 12.8. The van der Waals surface area contributed by atoms with Crippen molar-refractivity contribution in [3.63, 3.8) is 0 Å². The Morgan fingerprint density at radius 1 is 0.700 bits per heavy atom. The molecule has 0 heterocycles. The second-order valence-electron chi connectivity index (χ2n) is 5.30. The van der Waals surface area contributed by atoms with Crippen LogP contribution in [-0.2, 0) is 0 Å². The quantitative estimate of drug-likeness (QED) is 0.627. The van der Waals surface area contributed by atoms with Gasteiger partial charge in [0.2, 0.25) is 0 Å². The number of aryl methyl sites for hydroxylation is 2. The number of benzene rings is 2. The molecule has 2 rings (SSSR count). The Morgan fingerprint density at radius 3 is 1.85 bits per heavy atom. The summed E-state index contributed by atoms with van der Waals surface area (Å²) in [6.45, 7) is 8.75. The Labute approximate surface area is 122 Å². The summed E-state index contributed by atoms with van der Waals surface area (Å²) in [5.74, 6) is 0. The second kappa shape index (κ2) is 6.38. The van der Waals surface area contributed by atoms with Crippen LogP contribution in [0.5, 0.6) is 0 Å². The Morgan fingerprint density at radius 2 is 1.25 bits per heavy atom. The van der Waals surface area contributed by atoms with E-state index in [0.29, 0.717) is 0 Å². The van der Waals surface area contributed by atoms with Gasteiger partial charge >= 0.3 is 0 Å². The molecule has 0 aliphatic carbocycles. The number of rotatable bonds is 3. The molecule has 0 amide bonds. The Bertz CT molecular complexity index is 617. The van der Waals surface area contributed by atoms with Crippen molar-refractivity contribution in [1.29, 1.82) is 0 Å². The van der Waals surface area contributed by atoms with Crippen LogP contribution in [0.1, 0.15) is 33.4 Å². The third-order valence-corrected chi connectivity index (χ3v) is 3.89. The molecule has 0 heteroatoms. The summed E-state index contributed by atoms with van der Waals surface area (Å²) < 4.78 is 0. The fraction of sp³-hybridized carbons (Fsp3) is 0.200. The van der Waals surface area contributed by atoms with E-state index < -0.39 is 0 Å². The van der Waals surface area contributed by atoms with Gasteiger partial charge in [-0.15, -0.1) is 0 Å². The van der Waals surface area contributed by atoms with Crippen LogP contribution in [-0.4, -0.2) is 0 Å². The first-order chi connectivity index (χ1) is 9.59. The van der Waals surface area contributed by atoms with Gasteiger partial charge in [-0.25, -0.2) is 0 Å². The number of hydrogen-bond acceptors (Lipinski definition) is 0. The van der Waals surface area contributed by atoms with Crippen molar-refractivity contribution >= 4 is 12.2 Å². The molecule has 0 unspecified atom stereocenters. The fourth-order valence-corrected chi connectivity index (χ4v) is 2.38. The van der Waals surface area contributed by atoms with Crippen LogP contribution in [0.4, 0.5) is 0 Å². The largest absolute Gasteiger partial charge is 0.0622 e. The highest BCUT2D eigenvalue weighted by atomic mass is 14.1. The molecule has 0 radical (unpaired) electrons. The molecule has 0 spiro atoms. The summed E-state index contributed by atoms with van der Waals surface area (Å²) in [5.41, 5.74) is 8.04. The SMILES string of the molecule is Cc1cc(C)c(C)c(/C=C/C=C/c2ccccc2)c1C. The minimum absolute atomic E-state index is 1.23. The van der Waals surface area contributed by atoms with Gasteiger partial charge in [0, 0.05) is 0 Å². The third kappa shape index (κ3) is 3.27. The minimum atomic E-state index is 1.23. The summed E-state index contributed by atoms with van der Waals surface area (Å²) in [7, 11) is 0. The average Bonchev–Trinajstić information content (AvgIpc) is 2.45. The molecule has 2 aromatic rings. The van der Waals surface area contributed by atoms with Gasteiger partial charge in [-0.1, -0.05) is 60.7 Å². The summed E-state index contributed by atoms with van der Waals surface area (Å²) in [5, 5.41) is 0. The lowest BCUT2D eigenvalue weighted by Gasteiger charge is -2.11. The van der Waals surface area contributed by atoms with Gasteiger partial charge < -0.3 is 0 Å². The summed E-state index contributed by atoms with van der Waals surface area (Å²) in [6.07, 6.45) is 8.57. The molecule has 0 aliphatic rings. The van der Waals surface area contributed by atoms with E-state index in [1.165, 1.54) is 33.4 Å². The summed E-state index contributed by atoms with van der Waals surface area (Å²) in [6, 6.07) is 12.6. The molecule has 0 saturated carbocycles. The van der Waals surface area contributed by atoms with Crippen molar-refractivity contribution in [3.8, 4) is 0 Å². The van der Waals surface area contributed by atoms with Crippen LogP contribution in [0.15, 0.2) is 48.6 Å². The van der Waals surface area contributed by atoms with Gasteiger partial charge in [0.1, 0.15) is 0 Å². The molecule has 0 aromatic heterocycles. The molecule has 2 aromatic carbocycles. The smallest absolute Gasteiger partial charge is 0.0193 e. The Kier molecular flexibility index (Phi) is 4.57. The van der Waals surface area contributed by atoms with Crippen LogP contribution in [0.25, 0.3) is 12.2 Å². The highest BCUT2D eigenvalue weighted by Gasteiger charge is 2.04. The molecular formula is C20H22. The van der Waals surface area contributed by atoms with E-state index in [-0.39, 0.29) is 0 Å². The van der Waals surface area contributed by atoms with Crippen molar-refractivity contribution < 1.29 is 0 Å². The maximum Gasteiger partial charge on any atom is -0.0193 e. The highest BCUT2D eigenvalue weighted by molar-refractivity contribution is 5.64. The lowest BCUT2D eigenvalue weighted by Crippen LogP contribution is -1.93. The monoisotopic (exact) mass is 262 g/mol. The van der Waals surface area contributed by atoms with Gasteiger partial charge in [-0.3, -0.25) is 0 Å². The van der Waals surface area contributed by atoms with Crippen molar-refractivity contribution in [2.45, 2.75) is 27.7 Å². The predicted molar refractivity (Wildman–Crippen MR) is 89.9 cm³/mol. The van der Waals surface area contributed by atoms with Crippen LogP contribution in [0.3, 0.4) is 0 Å². The van der Waals surface area contributed by atoms with Gasteiger partial charge in [0.25, 0.3) is 0 Å².